The summed E-state index contributed by atoms with van der Waals surface area (Å²) in [7, 11) is 4.99. The van der Waals surface area contributed by atoms with E-state index in [2.05, 4.69) is 5.32 Å². The number of non-ortho nitro benzene ring substituents is 1. The third kappa shape index (κ3) is 6.20. The van der Waals surface area contributed by atoms with Crippen molar-refractivity contribution in [2.45, 2.75) is 6.42 Å². The summed E-state index contributed by atoms with van der Waals surface area (Å²) in [6, 6.07) is 11.4. The topological polar surface area (TPSA) is 111 Å². The van der Waals surface area contributed by atoms with Gasteiger partial charge in [0.05, 0.1) is 23.3 Å². The average molecular weight is 401 g/mol. The molecule has 0 saturated carbocycles. The molecular weight excluding hydrogens is 378 g/mol. The number of methoxy groups -OCH3 is 1. The predicted octanol–water partition coefficient (Wildman–Crippen LogP) is 2.19. The van der Waals surface area contributed by atoms with Crippen LogP contribution in [0.25, 0.3) is 0 Å². The summed E-state index contributed by atoms with van der Waals surface area (Å²) in [6.07, 6.45) is 0.610. The summed E-state index contributed by atoms with van der Waals surface area (Å²) in [4.78, 5) is 36.3. The van der Waals surface area contributed by atoms with Crippen molar-refractivity contribution in [1.29, 1.82) is 0 Å². The lowest BCUT2D eigenvalue weighted by atomic mass is 10.1. The van der Waals surface area contributed by atoms with Gasteiger partial charge in [-0.25, -0.2) is 4.79 Å². The number of nitrogens with zero attached hydrogens (tertiary/aromatic N) is 2. The largest absolute Gasteiger partial charge is 0.497 e. The molecule has 2 aromatic rings. The molecule has 0 aliphatic heterocycles. The van der Waals surface area contributed by atoms with Crippen molar-refractivity contribution in [3.05, 3.63) is 63.7 Å². The minimum absolute atomic E-state index is 0.0234. The number of nitro benzene ring substituents is 1. The number of hydrogen-bond acceptors (Lipinski definition) is 7. The van der Waals surface area contributed by atoms with Gasteiger partial charge >= 0.3 is 5.97 Å². The second kappa shape index (κ2) is 10.1. The highest BCUT2D eigenvalue weighted by Crippen LogP contribution is 2.24. The van der Waals surface area contributed by atoms with Crippen LogP contribution >= 0.6 is 0 Å². The minimum Gasteiger partial charge on any atom is -0.497 e. The van der Waals surface area contributed by atoms with Crippen LogP contribution < -0.4 is 15.0 Å². The van der Waals surface area contributed by atoms with Crippen LogP contribution in [-0.4, -0.2) is 51.2 Å². The maximum atomic E-state index is 12.3. The molecular formula is C20H23N3O6. The molecule has 0 unspecified atom stereocenters. The molecule has 0 aliphatic rings. The van der Waals surface area contributed by atoms with Gasteiger partial charge in [0.25, 0.3) is 11.6 Å². The summed E-state index contributed by atoms with van der Waals surface area (Å²) in [5.74, 6) is -0.505. The average Bonchev–Trinajstić information content (AvgIpc) is 2.71. The van der Waals surface area contributed by atoms with E-state index >= 15 is 0 Å². The Morgan fingerprint density at radius 2 is 1.83 bits per heavy atom. The van der Waals surface area contributed by atoms with Gasteiger partial charge in [0.2, 0.25) is 0 Å². The van der Waals surface area contributed by atoms with Gasteiger partial charge in [-0.05, 0) is 30.2 Å². The zero-order valence-corrected chi connectivity index (χ0v) is 16.5. The van der Waals surface area contributed by atoms with Gasteiger partial charge in [0.15, 0.2) is 6.61 Å². The molecule has 9 nitrogen and oxygen atoms in total. The van der Waals surface area contributed by atoms with E-state index in [-0.39, 0.29) is 11.3 Å². The van der Waals surface area contributed by atoms with E-state index in [4.69, 9.17) is 9.47 Å². The molecule has 9 heteroatoms. The minimum atomic E-state index is -0.803. The summed E-state index contributed by atoms with van der Waals surface area (Å²) in [6.45, 7) is -0.0977. The zero-order valence-electron chi connectivity index (χ0n) is 16.5. The fourth-order valence-electron chi connectivity index (χ4n) is 2.59. The highest BCUT2D eigenvalue weighted by Gasteiger charge is 2.20. The SMILES string of the molecule is COc1ccc(CCNC(=O)COC(=O)c2cc([N+](=O)[O-])ccc2N(C)C)cc1. The van der Waals surface area contributed by atoms with E-state index < -0.39 is 23.4 Å². The molecule has 0 radical (unpaired) electrons. The van der Waals surface area contributed by atoms with Crippen LogP contribution in [-0.2, 0) is 16.0 Å². The Labute approximate surface area is 168 Å². The van der Waals surface area contributed by atoms with Crippen LogP contribution in [0.1, 0.15) is 15.9 Å². The Bertz CT molecular complexity index is 880. The summed E-state index contributed by atoms with van der Waals surface area (Å²) in [5, 5.41) is 13.6. The van der Waals surface area contributed by atoms with Gasteiger partial charge in [-0.15, -0.1) is 0 Å². The van der Waals surface area contributed by atoms with Gasteiger partial charge in [-0.3, -0.25) is 14.9 Å². The van der Waals surface area contributed by atoms with Gasteiger partial charge in [0.1, 0.15) is 5.75 Å². The monoisotopic (exact) mass is 401 g/mol. The summed E-state index contributed by atoms with van der Waals surface area (Å²) in [5.41, 5.74) is 1.28. The van der Waals surface area contributed by atoms with E-state index in [1.165, 1.54) is 12.1 Å². The predicted molar refractivity (Wildman–Crippen MR) is 107 cm³/mol. The number of ether oxygens (including phenoxy) is 2. The van der Waals surface area contributed by atoms with Crippen molar-refractivity contribution >= 4 is 23.3 Å². The van der Waals surface area contributed by atoms with Crippen molar-refractivity contribution < 1.29 is 24.0 Å². The van der Waals surface area contributed by atoms with Gasteiger partial charge in [0, 0.05) is 32.8 Å². The second-order valence-corrected chi connectivity index (χ2v) is 6.38. The lowest BCUT2D eigenvalue weighted by Gasteiger charge is -2.16. The van der Waals surface area contributed by atoms with Crippen LogP contribution in [0.5, 0.6) is 5.75 Å². The van der Waals surface area contributed by atoms with Crippen LogP contribution in [0.3, 0.4) is 0 Å². The number of rotatable bonds is 9. The summed E-state index contributed by atoms with van der Waals surface area (Å²) < 4.78 is 10.1. The molecule has 0 aliphatic carbocycles. The maximum absolute atomic E-state index is 12.3. The number of benzene rings is 2. The van der Waals surface area contributed by atoms with Crippen molar-refractivity contribution in [2.24, 2.45) is 0 Å². The highest BCUT2D eigenvalue weighted by atomic mass is 16.6. The quantitative estimate of drug-likeness (QED) is 0.389. The Morgan fingerprint density at radius 1 is 1.14 bits per heavy atom. The normalized spacial score (nSPS) is 10.2. The first-order valence-corrected chi connectivity index (χ1v) is 8.84. The second-order valence-electron chi connectivity index (χ2n) is 6.38. The fraction of sp³-hybridized carbons (Fsp3) is 0.300. The van der Waals surface area contributed by atoms with Crippen LogP contribution in [0, 0.1) is 10.1 Å². The van der Waals surface area contributed by atoms with E-state index in [0.717, 1.165) is 17.4 Å². The number of esters is 1. The molecule has 0 spiro atoms. The molecule has 1 N–H and O–H groups in total. The standard InChI is InChI=1S/C20H23N3O6/c1-22(2)18-9-6-15(23(26)27)12-17(18)20(25)29-13-19(24)21-11-10-14-4-7-16(28-3)8-5-14/h4-9,12H,10-11,13H2,1-3H3,(H,21,24). The smallest absolute Gasteiger partial charge is 0.341 e. The number of hydrogen-bond donors (Lipinski definition) is 1. The maximum Gasteiger partial charge on any atom is 0.341 e. The van der Waals surface area contributed by atoms with Gasteiger partial charge in [-0.2, -0.15) is 0 Å². The molecule has 0 saturated heterocycles. The molecule has 1 amide bonds. The first-order chi connectivity index (χ1) is 13.8. The highest BCUT2D eigenvalue weighted by molar-refractivity contribution is 5.97. The number of carbonyl (C=O) groups is 2. The molecule has 2 rings (SSSR count). The first-order valence-electron chi connectivity index (χ1n) is 8.84. The van der Waals surface area contributed by atoms with E-state index in [1.54, 1.807) is 26.1 Å². The molecule has 29 heavy (non-hydrogen) atoms. The van der Waals surface area contributed by atoms with Crippen LogP contribution in [0.15, 0.2) is 42.5 Å². The third-order valence-electron chi connectivity index (χ3n) is 4.12. The van der Waals surface area contributed by atoms with Gasteiger partial charge < -0.3 is 19.7 Å². The van der Waals surface area contributed by atoms with Crippen molar-refractivity contribution in [1.82, 2.24) is 5.32 Å². The molecule has 0 aromatic heterocycles. The van der Waals surface area contributed by atoms with E-state index in [0.29, 0.717) is 18.7 Å². The number of amides is 1. The third-order valence-corrected chi connectivity index (χ3v) is 4.12. The molecule has 154 valence electrons. The molecule has 0 bridgehead atoms. The number of anilines is 1. The number of carbonyl (C=O) groups excluding carboxylic acids is 2. The number of nitro groups is 1. The summed E-state index contributed by atoms with van der Waals surface area (Å²) >= 11 is 0. The Hall–Kier alpha value is -3.62. The Balaban J connectivity index is 1.88. The first kappa shape index (κ1) is 21.7. The fourth-order valence-corrected chi connectivity index (χ4v) is 2.59. The van der Waals surface area contributed by atoms with Crippen molar-refractivity contribution in [3.63, 3.8) is 0 Å². The Morgan fingerprint density at radius 3 is 2.41 bits per heavy atom. The zero-order chi connectivity index (χ0) is 21.4. The van der Waals surface area contributed by atoms with Crippen molar-refractivity contribution in [2.75, 3.05) is 39.3 Å². The molecule has 0 atom stereocenters. The van der Waals surface area contributed by atoms with Gasteiger partial charge in [-0.1, -0.05) is 12.1 Å². The molecule has 0 fully saturated rings. The van der Waals surface area contributed by atoms with E-state index in [9.17, 15) is 19.7 Å². The molecule has 2 aromatic carbocycles. The number of nitrogens with one attached hydrogen (secondary N) is 1. The van der Waals surface area contributed by atoms with E-state index in [1.807, 2.05) is 24.3 Å². The lowest BCUT2D eigenvalue weighted by molar-refractivity contribution is -0.384. The van der Waals surface area contributed by atoms with Crippen LogP contribution in [0.4, 0.5) is 11.4 Å². The molecule has 0 heterocycles. The van der Waals surface area contributed by atoms with Crippen LogP contribution in [0.2, 0.25) is 0 Å². The van der Waals surface area contributed by atoms with Crippen molar-refractivity contribution in [3.8, 4) is 5.75 Å². The Kier molecular flexibility index (Phi) is 7.53. The lowest BCUT2D eigenvalue weighted by Crippen LogP contribution is -2.30.